The predicted molar refractivity (Wildman–Crippen MR) is 76.9 cm³/mol. The van der Waals surface area contributed by atoms with Crippen molar-refractivity contribution in [2.24, 2.45) is 0 Å². The number of nitrogens with one attached hydrogen (secondary N) is 1. The zero-order valence-electron chi connectivity index (χ0n) is 12.1. The summed E-state index contributed by atoms with van der Waals surface area (Å²) in [4.78, 5) is 25.2. The lowest BCUT2D eigenvalue weighted by atomic mass is 10.1. The highest BCUT2D eigenvalue weighted by Crippen LogP contribution is 2.05. The molecule has 21 heavy (non-hydrogen) atoms. The maximum atomic E-state index is 11.8. The summed E-state index contributed by atoms with van der Waals surface area (Å²) in [6, 6.07) is 6.99. The van der Waals surface area contributed by atoms with Gasteiger partial charge in [-0.15, -0.1) is 0 Å². The van der Waals surface area contributed by atoms with Gasteiger partial charge in [0.05, 0.1) is 32.4 Å². The van der Waals surface area contributed by atoms with Crippen LogP contribution in [-0.2, 0) is 20.8 Å². The minimum Gasteiger partial charge on any atom is -0.465 e. The smallest absolute Gasteiger partial charge is 0.337 e. The van der Waals surface area contributed by atoms with Crippen molar-refractivity contribution >= 4 is 11.9 Å². The van der Waals surface area contributed by atoms with Gasteiger partial charge in [0.1, 0.15) is 0 Å². The predicted octanol–water partition coefficient (Wildman–Crippen LogP) is 0.422. The molecular weight excluding hydrogens is 272 g/mol. The summed E-state index contributed by atoms with van der Waals surface area (Å²) < 4.78 is 9.87. The molecule has 0 saturated carbocycles. The summed E-state index contributed by atoms with van der Waals surface area (Å²) in [5.41, 5.74) is 1.44. The Morgan fingerprint density at radius 2 is 1.90 bits per heavy atom. The molecule has 1 amide bonds. The molecule has 1 fully saturated rings. The molecule has 0 atom stereocenters. The summed E-state index contributed by atoms with van der Waals surface area (Å²) in [5.74, 6) is -0.369. The van der Waals surface area contributed by atoms with Crippen LogP contribution in [0.3, 0.4) is 0 Å². The first-order chi connectivity index (χ1) is 10.2. The van der Waals surface area contributed by atoms with Gasteiger partial charge >= 0.3 is 5.97 Å². The van der Waals surface area contributed by atoms with Crippen LogP contribution in [0.4, 0.5) is 0 Å². The fourth-order valence-electron chi connectivity index (χ4n) is 2.10. The van der Waals surface area contributed by atoms with Gasteiger partial charge in [-0.05, 0) is 17.7 Å². The third kappa shape index (κ3) is 4.84. The molecule has 1 aliphatic rings. The Labute approximate surface area is 124 Å². The van der Waals surface area contributed by atoms with Crippen LogP contribution < -0.4 is 5.32 Å². The summed E-state index contributed by atoms with van der Waals surface area (Å²) in [5, 5.41) is 2.87. The molecule has 1 aromatic rings. The average molecular weight is 292 g/mol. The highest BCUT2D eigenvalue weighted by Gasteiger charge is 2.13. The molecule has 1 heterocycles. The van der Waals surface area contributed by atoms with Gasteiger partial charge in [0.2, 0.25) is 5.91 Å². The van der Waals surface area contributed by atoms with Crippen molar-refractivity contribution in [2.75, 3.05) is 40.0 Å². The Hall–Kier alpha value is -1.92. The highest BCUT2D eigenvalue weighted by molar-refractivity contribution is 5.89. The molecule has 1 aromatic carbocycles. The van der Waals surface area contributed by atoms with E-state index in [0.29, 0.717) is 31.9 Å². The van der Waals surface area contributed by atoms with E-state index in [1.165, 1.54) is 7.11 Å². The van der Waals surface area contributed by atoms with Crippen LogP contribution in [0.1, 0.15) is 15.9 Å². The molecule has 0 aliphatic carbocycles. The number of hydrogen-bond donors (Lipinski definition) is 1. The summed E-state index contributed by atoms with van der Waals surface area (Å²) >= 11 is 0. The van der Waals surface area contributed by atoms with Crippen LogP contribution in [0.15, 0.2) is 24.3 Å². The Balaban J connectivity index is 1.76. The van der Waals surface area contributed by atoms with Gasteiger partial charge < -0.3 is 14.8 Å². The van der Waals surface area contributed by atoms with Crippen LogP contribution in [0.25, 0.3) is 0 Å². The first-order valence-corrected chi connectivity index (χ1v) is 6.93. The van der Waals surface area contributed by atoms with Crippen molar-refractivity contribution in [3.63, 3.8) is 0 Å². The van der Waals surface area contributed by atoms with Crippen molar-refractivity contribution in [2.45, 2.75) is 6.54 Å². The number of carbonyl (C=O) groups excluding carboxylic acids is 2. The molecule has 0 spiro atoms. The standard InChI is InChI=1S/C15H20N2O4/c1-20-15(19)13-4-2-12(3-5-13)10-16-14(18)11-17-6-8-21-9-7-17/h2-5H,6-11H2,1H3,(H,16,18). The third-order valence-electron chi connectivity index (χ3n) is 3.34. The van der Waals surface area contributed by atoms with Gasteiger partial charge in [-0.2, -0.15) is 0 Å². The zero-order valence-corrected chi connectivity index (χ0v) is 12.1. The number of hydrogen-bond acceptors (Lipinski definition) is 5. The monoisotopic (exact) mass is 292 g/mol. The molecule has 2 rings (SSSR count). The Kier molecular flexibility index (Phi) is 5.71. The Morgan fingerprint density at radius 3 is 2.52 bits per heavy atom. The number of carbonyl (C=O) groups is 2. The van der Waals surface area contributed by atoms with E-state index in [4.69, 9.17) is 4.74 Å². The highest BCUT2D eigenvalue weighted by atomic mass is 16.5. The van der Waals surface area contributed by atoms with E-state index in [1.807, 2.05) is 0 Å². The number of esters is 1. The zero-order chi connectivity index (χ0) is 15.1. The molecule has 1 aliphatic heterocycles. The summed E-state index contributed by atoms with van der Waals surface area (Å²) in [6.07, 6.45) is 0. The quantitative estimate of drug-likeness (QED) is 0.797. The van der Waals surface area contributed by atoms with Crippen LogP contribution in [0.2, 0.25) is 0 Å². The van der Waals surface area contributed by atoms with Crippen LogP contribution in [0.5, 0.6) is 0 Å². The number of methoxy groups -OCH3 is 1. The first kappa shape index (κ1) is 15.5. The molecule has 0 unspecified atom stereocenters. The van der Waals surface area contributed by atoms with Crippen molar-refractivity contribution in [3.8, 4) is 0 Å². The molecule has 114 valence electrons. The first-order valence-electron chi connectivity index (χ1n) is 6.93. The van der Waals surface area contributed by atoms with E-state index in [-0.39, 0.29) is 11.9 Å². The van der Waals surface area contributed by atoms with E-state index in [9.17, 15) is 9.59 Å². The number of ether oxygens (including phenoxy) is 2. The van der Waals surface area contributed by atoms with Gasteiger partial charge in [-0.25, -0.2) is 4.79 Å². The fraction of sp³-hybridized carbons (Fsp3) is 0.467. The number of amides is 1. The van der Waals surface area contributed by atoms with Crippen molar-refractivity contribution in [3.05, 3.63) is 35.4 Å². The lowest BCUT2D eigenvalue weighted by molar-refractivity contribution is -0.123. The lowest BCUT2D eigenvalue weighted by Gasteiger charge is -2.25. The van der Waals surface area contributed by atoms with Gasteiger partial charge in [-0.3, -0.25) is 9.69 Å². The number of nitrogens with zero attached hydrogens (tertiary/aromatic N) is 1. The second kappa shape index (κ2) is 7.75. The average Bonchev–Trinajstić information content (AvgIpc) is 2.53. The molecule has 6 heteroatoms. The van der Waals surface area contributed by atoms with Crippen molar-refractivity contribution < 1.29 is 19.1 Å². The topological polar surface area (TPSA) is 67.9 Å². The molecular formula is C15H20N2O4. The Morgan fingerprint density at radius 1 is 1.24 bits per heavy atom. The maximum absolute atomic E-state index is 11.8. The molecule has 1 saturated heterocycles. The minimum absolute atomic E-state index is 0.00561. The SMILES string of the molecule is COC(=O)c1ccc(CNC(=O)CN2CCOCC2)cc1. The minimum atomic E-state index is -0.363. The van der Waals surface area contributed by atoms with Gasteiger partial charge in [-0.1, -0.05) is 12.1 Å². The fourth-order valence-corrected chi connectivity index (χ4v) is 2.10. The number of morpholine rings is 1. The third-order valence-corrected chi connectivity index (χ3v) is 3.34. The summed E-state index contributed by atoms with van der Waals surface area (Å²) in [6.45, 7) is 3.79. The molecule has 6 nitrogen and oxygen atoms in total. The van der Waals surface area contributed by atoms with Gasteiger partial charge in [0.15, 0.2) is 0 Å². The van der Waals surface area contributed by atoms with E-state index < -0.39 is 0 Å². The maximum Gasteiger partial charge on any atom is 0.337 e. The lowest BCUT2D eigenvalue weighted by Crippen LogP contribution is -2.43. The van der Waals surface area contributed by atoms with E-state index in [2.05, 4.69) is 15.0 Å². The van der Waals surface area contributed by atoms with Crippen molar-refractivity contribution in [1.29, 1.82) is 0 Å². The van der Waals surface area contributed by atoms with E-state index >= 15 is 0 Å². The van der Waals surface area contributed by atoms with Crippen LogP contribution >= 0.6 is 0 Å². The molecule has 0 aromatic heterocycles. The number of rotatable bonds is 5. The summed E-state index contributed by atoms with van der Waals surface area (Å²) in [7, 11) is 1.35. The van der Waals surface area contributed by atoms with Gasteiger partial charge in [0.25, 0.3) is 0 Å². The number of benzene rings is 1. The molecule has 0 radical (unpaired) electrons. The Bertz CT molecular complexity index is 481. The van der Waals surface area contributed by atoms with Gasteiger partial charge in [0, 0.05) is 19.6 Å². The van der Waals surface area contributed by atoms with E-state index in [0.717, 1.165) is 18.7 Å². The largest absolute Gasteiger partial charge is 0.465 e. The van der Waals surface area contributed by atoms with Crippen molar-refractivity contribution in [1.82, 2.24) is 10.2 Å². The molecule has 1 N–H and O–H groups in total. The molecule has 0 bridgehead atoms. The van der Waals surface area contributed by atoms with Crippen LogP contribution in [0, 0.1) is 0 Å². The van der Waals surface area contributed by atoms with E-state index in [1.54, 1.807) is 24.3 Å². The second-order valence-corrected chi connectivity index (χ2v) is 4.85. The van der Waals surface area contributed by atoms with Crippen LogP contribution in [-0.4, -0.2) is 56.7 Å². The second-order valence-electron chi connectivity index (χ2n) is 4.85. The normalized spacial score (nSPS) is 15.5.